The molecule has 8 heteroatoms. The van der Waals surface area contributed by atoms with Crippen molar-refractivity contribution in [3.63, 3.8) is 0 Å². The topological polar surface area (TPSA) is 73.2 Å². The van der Waals surface area contributed by atoms with Gasteiger partial charge in [-0.2, -0.15) is 0 Å². The number of nitrogens with one attached hydrogen (secondary N) is 1. The van der Waals surface area contributed by atoms with Crippen LogP contribution in [0.4, 0.5) is 10.2 Å². The van der Waals surface area contributed by atoms with Gasteiger partial charge in [0.15, 0.2) is 0 Å². The van der Waals surface area contributed by atoms with Gasteiger partial charge in [-0.05, 0) is 30.3 Å². The number of pyridine rings is 2. The Morgan fingerprint density at radius 2 is 1.96 bits per heavy atom. The molecule has 0 saturated carbocycles. The number of amides is 1. The number of nitrogens with zero attached hydrogens (tertiary/aromatic N) is 2. The fourth-order valence-electron chi connectivity index (χ4n) is 2.11. The van der Waals surface area contributed by atoms with Crippen molar-refractivity contribution in [1.82, 2.24) is 9.55 Å². The van der Waals surface area contributed by atoms with Gasteiger partial charge in [-0.25, -0.2) is 9.37 Å². The van der Waals surface area contributed by atoms with Crippen molar-refractivity contribution in [2.45, 2.75) is 0 Å². The number of aromatic nitrogens is 2. The van der Waals surface area contributed by atoms with Crippen LogP contribution in [0.15, 0.2) is 59.7 Å². The third-order valence-corrected chi connectivity index (χ3v) is 3.74. The Balaban J connectivity index is 1.68. The zero-order valence-electron chi connectivity index (χ0n) is 13.6. The lowest BCUT2D eigenvalue weighted by atomic mass is 10.2. The lowest BCUT2D eigenvalue weighted by Gasteiger charge is -2.08. The number of carbonyl (C=O) groups excluding carboxylic acids is 1. The monoisotopic (exact) mass is 373 g/mol. The summed E-state index contributed by atoms with van der Waals surface area (Å²) in [7, 11) is 1.56. The van der Waals surface area contributed by atoms with Crippen LogP contribution in [0, 0.1) is 5.82 Å². The molecule has 0 radical (unpaired) electrons. The molecule has 3 rings (SSSR count). The first-order valence-corrected chi connectivity index (χ1v) is 7.87. The second kappa shape index (κ2) is 7.37. The smallest absolute Gasteiger partial charge is 0.258 e. The molecule has 26 heavy (non-hydrogen) atoms. The van der Waals surface area contributed by atoms with Gasteiger partial charge in [0.1, 0.15) is 23.1 Å². The van der Waals surface area contributed by atoms with Crippen LogP contribution in [0.2, 0.25) is 5.02 Å². The van der Waals surface area contributed by atoms with Crippen molar-refractivity contribution in [2.75, 3.05) is 5.32 Å². The second-order valence-corrected chi connectivity index (χ2v) is 5.79. The summed E-state index contributed by atoms with van der Waals surface area (Å²) in [6.45, 7) is 0. The molecule has 0 atom stereocenters. The minimum absolute atomic E-state index is 0.0448. The molecule has 2 aromatic heterocycles. The fraction of sp³-hybridized carbons (Fsp3) is 0.0556. The van der Waals surface area contributed by atoms with E-state index in [-0.39, 0.29) is 10.6 Å². The minimum Gasteiger partial charge on any atom is -0.456 e. The largest absolute Gasteiger partial charge is 0.456 e. The number of anilines is 1. The van der Waals surface area contributed by atoms with Gasteiger partial charge in [-0.15, -0.1) is 0 Å². The highest BCUT2D eigenvalue weighted by molar-refractivity contribution is 6.30. The van der Waals surface area contributed by atoms with Crippen LogP contribution in [0.1, 0.15) is 10.4 Å². The molecule has 0 bridgehead atoms. The molecule has 1 amide bonds. The number of carbonyl (C=O) groups is 1. The summed E-state index contributed by atoms with van der Waals surface area (Å²) in [5.41, 5.74) is 0.122. The average molecular weight is 374 g/mol. The van der Waals surface area contributed by atoms with Gasteiger partial charge >= 0.3 is 0 Å². The summed E-state index contributed by atoms with van der Waals surface area (Å²) in [4.78, 5) is 27.6. The Labute approximate surface area is 152 Å². The first-order chi connectivity index (χ1) is 12.4. The van der Waals surface area contributed by atoms with Gasteiger partial charge in [-0.3, -0.25) is 9.59 Å². The van der Waals surface area contributed by atoms with E-state index in [0.717, 1.165) is 0 Å². The molecule has 0 saturated heterocycles. The Morgan fingerprint density at radius 3 is 2.62 bits per heavy atom. The summed E-state index contributed by atoms with van der Waals surface area (Å²) >= 11 is 5.70. The van der Waals surface area contributed by atoms with Crippen molar-refractivity contribution >= 4 is 23.3 Å². The summed E-state index contributed by atoms with van der Waals surface area (Å²) in [5.74, 6) is 0.141. The predicted molar refractivity (Wildman–Crippen MR) is 95.4 cm³/mol. The highest BCUT2D eigenvalue weighted by Crippen LogP contribution is 2.26. The summed E-state index contributed by atoms with van der Waals surface area (Å²) in [6, 6.07) is 9.90. The number of hydrogen-bond donors (Lipinski definition) is 1. The minimum atomic E-state index is -0.534. The first kappa shape index (κ1) is 17.6. The molecule has 0 aliphatic rings. The van der Waals surface area contributed by atoms with Crippen molar-refractivity contribution in [3.05, 3.63) is 81.6 Å². The van der Waals surface area contributed by atoms with Crippen LogP contribution in [0.25, 0.3) is 0 Å². The molecular formula is C18H13ClFN3O3. The van der Waals surface area contributed by atoms with E-state index in [2.05, 4.69) is 10.3 Å². The van der Waals surface area contributed by atoms with E-state index < -0.39 is 11.7 Å². The van der Waals surface area contributed by atoms with E-state index in [1.807, 2.05) is 0 Å². The van der Waals surface area contributed by atoms with Crippen LogP contribution in [0.3, 0.4) is 0 Å². The number of hydrogen-bond acceptors (Lipinski definition) is 4. The lowest BCUT2D eigenvalue weighted by Crippen LogP contribution is -2.19. The quantitative estimate of drug-likeness (QED) is 0.758. The average Bonchev–Trinajstić information content (AvgIpc) is 2.62. The van der Waals surface area contributed by atoms with E-state index in [0.29, 0.717) is 22.9 Å². The van der Waals surface area contributed by atoms with E-state index in [9.17, 15) is 14.0 Å². The van der Waals surface area contributed by atoms with Crippen LogP contribution >= 0.6 is 11.6 Å². The van der Waals surface area contributed by atoms with E-state index in [1.165, 1.54) is 47.3 Å². The van der Waals surface area contributed by atoms with Gasteiger partial charge in [0.2, 0.25) is 5.56 Å². The highest BCUT2D eigenvalue weighted by Gasteiger charge is 2.09. The SMILES string of the molecule is Cn1cc(C(=O)Nc2ccc(Oc3ccc(F)c(Cl)c3)cn2)ccc1=O. The molecule has 0 spiro atoms. The van der Waals surface area contributed by atoms with Crippen molar-refractivity contribution in [1.29, 1.82) is 0 Å². The maximum absolute atomic E-state index is 13.1. The number of rotatable bonds is 4. The van der Waals surface area contributed by atoms with Gasteiger partial charge in [0, 0.05) is 25.4 Å². The van der Waals surface area contributed by atoms with Gasteiger partial charge in [0.05, 0.1) is 16.8 Å². The number of halogens is 2. The van der Waals surface area contributed by atoms with Gasteiger partial charge < -0.3 is 14.6 Å². The van der Waals surface area contributed by atoms with Crippen molar-refractivity contribution in [3.8, 4) is 11.5 Å². The number of aryl methyl sites for hydroxylation is 1. The summed E-state index contributed by atoms with van der Waals surface area (Å²) in [6.07, 6.45) is 2.85. The standard InChI is InChI=1S/C18H13ClFN3O3/c1-23-10-11(2-7-17(23)24)18(25)22-16-6-4-13(9-21-16)26-12-3-5-15(20)14(19)8-12/h2-10H,1H3,(H,21,22,25). The second-order valence-electron chi connectivity index (χ2n) is 5.38. The van der Waals surface area contributed by atoms with Gasteiger partial charge in [-0.1, -0.05) is 11.6 Å². The van der Waals surface area contributed by atoms with Gasteiger partial charge in [0.25, 0.3) is 5.91 Å². The zero-order valence-corrected chi connectivity index (χ0v) is 14.3. The molecule has 0 fully saturated rings. The van der Waals surface area contributed by atoms with Crippen molar-refractivity contribution in [2.24, 2.45) is 7.05 Å². The van der Waals surface area contributed by atoms with E-state index in [4.69, 9.17) is 16.3 Å². The Hall–Kier alpha value is -3.19. The molecule has 3 aromatic rings. The Bertz CT molecular complexity index is 1020. The molecule has 0 aliphatic heterocycles. The normalized spacial score (nSPS) is 10.4. The maximum Gasteiger partial charge on any atom is 0.258 e. The molecule has 1 aromatic carbocycles. The summed E-state index contributed by atoms with van der Waals surface area (Å²) < 4.78 is 20.0. The first-order valence-electron chi connectivity index (χ1n) is 7.49. The van der Waals surface area contributed by atoms with Crippen LogP contribution in [-0.2, 0) is 7.05 Å². The molecular weight excluding hydrogens is 361 g/mol. The highest BCUT2D eigenvalue weighted by atomic mass is 35.5. The summed E-state index contributed by atoms with van der Waals surface area (Å²) in [5, 5.41) is 2.58. The molecule has 6 nitrogen and oxygen atoms in total. The Morgan fingerprint density at radius 1 is 1.19 bits per heavy atom. The number of ether oxygens (including phenoxy) is 1. The Kier molecular flexibility index (Phi) is 4.99. The predicted octanol–water partition coefficient (Wildman–Crippen LogP) is 3.62. The van der Waals surface area contributed by atoms with Crippen LogP contribution in [-0.4, -0.2) is 15.5 Å². The van der Waals surface area contributed by atoms with E-state index in [1.54, 1.807) is 19.2 Å². The van der Waals surface area contributed by atoms with E-state index >= 15 is 0 Å². The molecule has 0 unspecified atom stereocenters. The molecule has 132 valence electrons. The van der Waals surface area contributed by atoms with Crippen LogP contribution < -0.4 is 15.6 Å². The lowest BCUT2D eigenvalue weighted by molar-refractivity contribution is 0.102. The molecule has 1 N–H and O–H groups in total. The maximum atomic E-state index is 13.1. The third kappa shape index (κ3) is 4.07. The molecule has 2 heterocycles. The number of benzene rings is 1. The van der Waals surface area contributed by atoms with Crippen LogP contribution in [0.5, 0.6) is 11.5 Å². The molecule has 0 aliphatic carbocycles. The zero-order chi connectivity index (χ0) is 18.7. The van der Waals surface area contributed by atoms with Crippen molar-refractivity contribution < 1.29 is 13.9 Å². The fourth-order valence-corrected chi connectivity index (χ4v) is 2.28. The third-order valence-electron chi connectivity index (χ3n) is 3.45.